The summed E-state index contributed by atoms with van der Waals surface area (Å²) in [6, 6.07) is 18.5. The second kappa shape index (κ2) is 8.16. The summed E-state index contributed by atoms with van der Waals surface area (Å²) < 4.78 is 17.1. The zero-order valence-corrected chi connectivity index (χ0v) is 17.4. The lowest BCUT2D eigenvalue weighted by molar-refractivity contribution is 0.625. The molecule has 0 radical (unpaired) electrons. The number of pyridine rings is 1. The average Bonchev–Trinajstić information content (AvgIpc) is 3.46. The van der Waals surface area contributed by atoms with Gasteiger partial charge < -0.3 is 0 Å². The van der Waals surface area contributed by atoms with E-state index >= 15 is 0 Å². The minimum absolute atomic E-state index is 0.305. The predicted molar refractivity (Wildman–Crippen MR) is 117 cm³/mol. The number of benzene rings is 2. The van der Waals surface area contributed by atoms with E-state index in [2.05, 4.69) is 46.3 Å². The molecule has 0 aliphatic rings. The molecule has 0 fully saturated rings. The molecule has 6 nitrogen and oxygen atoms in total. The Morgan fingerprint density at radius 2 is 1.84 bits per heavy atom. The highest BCUT2D eigenvalue weighted by atomic mass is 32.2. The molecular formula is C23H17FN6S. The first kappa shape index (κ1) is 19.2. The van der Waals surface area contributed by atoms with Gasteiger partial charge in [0, 0.05) is 22.9 Å². The molecule has 0 N–H and O–H groups in total. The van der Waals surface area contributed by atoms with E-state index in [1.165, 1.54) is 24.0 Å². The van der Waals surface area contributed by atoms with Crippen LogP contribution in [0.15, 0.2) is 95.5 Å². The van der Waals surface area contributed by atoms with E-state index in [1.54, 1.807) is 39.7 Å². The zero-order chi connectivity index (χ0) is 21.2. The Morgan fingerprint density at radius 1 is 0.968 bits per heavy atom. The van der Waals surface area contributed by atoms with Crippen LogP contribution in [0.3, 0.4) is 0 Å². The fourth-order valence-corrected chi connectivity index (χ4v) is 4.04. The molecule has 0 bridgehead atoms. The summed E-state index contributed by atoms with van der Waals surface area (Å²) in [4.78, 5) is 10.5. The lowest BCUT2D eigenvalue weighted by Crippen LogP contribution is -1.98. The first-order valence-electron chi connectivity index (χ1n) is 9.57. The van der Waals surface area contributed by atoms with Gasteiger partial charge in [0.05, 0.1) is 10.6 Å². The number of halogens is 1. The highest BCUT2D eigenvalue weighted by molar-refractivity contribution is 7.99. The third-order valence-corrected chi connectivity index (χ3v) is 5.70. The molecule has 3 aromatic heterocycles. The molecule has 8 heteroatoms. The van der Waals surface area contributed by atoms with Crippen molar-refractivity contribution in [3.63, 3.8) is 0 Å². The van der Waals surface area contributed by atoms with Crippen molar-refractivity contribution >= 4 is 11.8 Å². The number of hydrogen-bond donors (Lipinski definition) is 0. The van der Waals surface area contributed by atoms with Crippen LogP contribution < -0.4 is 0 Å². The van der Waals surface area contributed by atoms with E-state index in [1.807, 2.05) is 24.4 Å². The monoisotopic (exact) mass is 428 g/mol. The first-order valence-corrected chi connectivity index (χ1v) is 10.4. The van der Waals surface area contributed by atoms with Gasteiger partial charge in [0.2, 0.25) is 0 Å². The standard InChI is InChI=1S/C23H17FN6S/c1-16-5-8-20(9-6-16)31-21-13-29(19-4-2-3-18(24)11-19)28-23(21)17-7-10-22(26-12-17)30-15-25-14-27-30/h2-15H,1H3. The Labute approximate surface area is 182 Å². The van der Waals surface area contributed by atoms with Crippen molar-refractivity contribution in [3.05, 3.63) is 97.1 Å². The summed E-state index contributed by atoms with van der Waals surface area (Å²) in [7, 11) is 0. The average molecular weight is 428 g/mol. The Bertz CT molecular complexity index is 1310. The minimum atomic E-state index is -0.305. The van der Waals surface area contributed by atoms with Crippen LogP contribution in [0, 0.1) is 12.7 Å². The minimum Gasteiger partial charge on any atom is -0.239 e. The molecule has 152 valence electrons. The molecule has 0 unspecified atom stereocenters. The number of nitrogens with zero attached hydrogens (tertiary/aromatic N) is 6. The van der Waals surface area contributed by atoms with E-state index < -0.39 is 0 Å². The second-order valence-corrected chi connectivity index (χ2v) is 8.04. The third kappa shape index (κ3) is 4.10. The molecule has 0 amide bonds. The van der Waals surface area contributed by atoms with Crippen LogP contribution in [0.2, 0.25) is 0 Å². The zero-order valence-electron chi connectivity index (χ0n) is 16.6. The molecule has 5 rings (SSSR count). The Kier molecular flexibility index (Phi) is 5.05. The summed E-state index contributed by atoms with van der Waals surface area (Å²) in [6.07, 6.45) is 6.74. The highest BCUT2D eigenvalue weighted by Gasteiger charge is 2.15. The van der Waals surface area contributed by atoms with E-state index in [0.717, 1.165) is 21.0 Å². The van der Waals surface area contributed by atoms with Crippen molar-refractivity contribution in [3.8, 4) is 22.8 Å². The van der Waals surface area contributed by atoms with Crippen molar-refractivity contribution in [2.75, 3.05) is 0 Å². The summed E-state index contributed by atoms with van der Waals surface area (Å²) in [5.74, 6) is 0.361. The molecule has 31 heavy (non-hydrogen) atoms. The fourth-order valence-electron chi connectivity index (χ4n) is 3.11. The largest absolute Gasteiger partial charge is 0.239 e. The smallest absolute Gasteiger partial charge is 0.155 e. The molecule has 0 saturated heterocycles. The summed E-state index contributed by atoms with van der Waals surface area (Å²) in [5.41, 5.74) is 3.48. The van der Waals surface area contributed by atoms with Gasteiger partial charge in [-0.25, -0.2) is 23.7 Å². The maximum absolute atomic E-state index is 13.8. The molecule has 5 aromatic rings. The number of aryl methyl sites for hydroxylation is 1. The topological polar surface area (TPSA) is 61.4 Å². The van der Waals surface area contributed by atoms with Gasteiger partial charge in [-0.3, -0.25) is 0 Å². The number of rotatable bonds is 5. The molecular weight excluding hydrogens is 411 g/mol. The van der Waals surface area contributed by atoms with Gasteiger partial charge >= 0.3 is 0 Å². The van der Waals surface area contributed by atoms with Crippen LogP contribution in [0.25, 0.3) is 22.8 Å². The molecule has 3 heterocycles. The van der Waals surface area contributed by atoms with Crippen LogP contribution in [-0.4, -0.2) is 29.5 Å². The van der Waals surface area contributed by atoms with Crippen LogP contribution in [0.5, 0.6) is 0 Å². The fraction of sp³-hybridized carbons (Fsp3) is 0.0435. The highest BCUT2D eigenvalue weighted by Crippen LogP contribution is 2.36. The lowest BCUT2D eigenvalue weighted by atomic mass is 10.2. The third-order valence-electron chi connectivity index (χ3n) is 4.68. The van der Waals surface area contributed by atoms with Crippen LogP contribution >= 0.6 is 11.8 Å². The SMILES string of the molecule is Cc1ccc(Sc2cn(-c3cccc(F)c3)nc2-c2ccc(-n3cncn3)nc2)cc1. The number of aromatic nitrogens is 6. The normalized spacial score (nSPS) is 11.0. The molecule has 0 saturated carbocycles. The first-order chi connectivity index (χ1) is 15.2. The Morgan fingerprint density at radius 3 is 2.55 bits per heavy atom. The molecule has 2 aromatic carbocycles. The van der Waals surface area contributed by atoms with Gasteiger partial charge in [-0.15, -0.1) is 0 Å². The van der Waals surface area contributed by atoms with Gasteiger partial charge in [0.1, 0.15) is 24.2 Å². The van der Waals surface area contributed by atoms with Crippen molar-refractivity contribution in [2.24, 2.45) is 0 Å². The summed E-state index contributed by atoms with van der Waals surface area (Å²) >= 11 is 1.61. The van der Waals surface area contributed by atoms with Gasteiger partial charge in [-0.1, -0.05) is 35.5 Å². The van der Waals surface area contributed by atoms with Crippen molar-refractivity contribution < 1.29 is 4.39 Å². The molecule has 0 aliphatic carbocycles. The maximum Gasteiger partial charge on any atom is 0.155 e. The van der Waals surface area contributed by atoms with Crippen LogP contribution in [0.1, 0.15) is 5.56 Å². The van der Waals surface area contributed by atoms with Crippen LogP contribution in [0.4, 0.5) is 4.39 Å². The van der Waals surface area contributed by atoms with E-state index in [9.17, 15) is 4.39 Å². The second-order valence-electron chi connectivity index (χ2n) is 6.93. The summed E-state index contributed by atoms with van der Waals surface area (Å²) in [5, 5.41) is 8.86. The van der Waals surface area contributed by atoms with Crippen molar-refractivity contribution in [1.82, 2.24) is 29.5 Å². The number of hydrogen-bond acceptors (Lipinski definition) is 5. The Balaban J connectivity index is 1.56. The molecule has 0 atom stereocenters. The molecule has 0 spiro atoms. The van der Waals surface area contributed by atoms with Gasteiger partial charge in [0.15, 0.2) is 5.82 Å². The van der Waals surface area contributed by atoms with Crippen LogP contribution in [-0.2, 0) is 0 Å². The van der Waals surface area contributed by atoms with Crippen molar-refractivity contribution in [2.45, 2.75) is 16.7 Å². The van der Waals surface area contributed by atoms with E-state index in [0.29, 0.717) is 11.5 Å². The van der Waals surface area contributed by atoms with E-state index in [4.69, 9.17) is 5.10 Å². The summed E-state index contributed by atoms with van der Waals surface area (Å²) in [6.45, 7) is 2.06. The van der Waals surface area contributed by atoms with E-state index in [-0.39, 0.29) is 5.82 Å². The quantitative estimate of drug-likeness (QED) is 0.389. The predicted octanol–water partition coefficient (Wildman–Crippen LogP) is 5.11. The van der Waals surface area contributed by atoms with Gasteiger partial charge in [-0.2, -0.15) is 10.2 Å². The van der Waals surface area contributed by atoms with Gasteiger partial charge in [0.25, 0.3) is 0 Å². The van der Waals surface area contributed by atoms with Crippen molar-refractivity contribution in [1.29, 1.82) is 0 Å². The Hall–Kier alpha value is -3.78. The lowest BCUT2D eigenvalue weighted by Gasteiger charge is -2.04. The van der Waals surface area contributed by atoms with Gasteiger partial charge in [-0.05, 0) is 49.4 Å². The molecule has 0 aliphatic heterocycles. The maximum atomic E-state index is 13.8.